The number of nitrogens with one attached hydrogen (secondary N) is 1. The number of methoxy groups -OCH3 is 1. The number of carbonyl (C=O) groups excluding carboxylic acids is 2. The zero-order valence-corrected chi connectivity index (χ0v) is 21.9. The van der Waals surface area contributed by atoms with Crippen LogP contribution in [0.15, 0.2) is 30.7 Å². The van der Waals surface area contributed by atoms with Gasteiger partial charge in [0.2, 0.25) is 5.91 Å². The molecule has 1 saturated carbocycles. The molecule has 2 fully saturated rings. The summed E-state index contributed by atoms with van der Waals surface area (Å²) in [6.07, 6.45) is 3.15. The summed E-state index contributed by atoms with van der Waals surface area (Å²) in [6.45, 7) is 1.38. The third-order valence-electron chi connectivity index (χ3n) is 6.26. The van der Waals surface area contributed by atoms with Crippen LogP contribution in [0, 0.1) is 17.8 Å². The van der Waals surface area contributed by atoms with Gasteiger partial charge in [-0.25, -0.2) is 18.2 Å². The molecule has 8 nitrogen and oxygen atoms in total. The lowest BCUT2D eigenvalue weighted by Gasteiger charge is -2.42. The van der Waals surface area contributed by atoms with E-state index in [0.29, 0.717) is 15.9 Å². The Bertz CT molecular complexity index is 1490. The number of pyridine rings is 2. The summed E-state index contributed by atoms with van der Waals surface area (Å²) >= 11 is 1.21. The molecule has 4 heterocycles. The van der Waals surface area contributed by atoms with E-state index in [-0.39, 0.29) is 53.6 Å². The Kier molecular flexibility index (Phi) is 7.27. The third-order valence-corrected chi connectivity index (χ3v) is 7.08. The van der Waals surface area contributed by atoms with Crippen LogP contribution in [0.3, 0.4) is 0 Å². The van der Waals surface area contributed by atoms with E-state index in [1.807, 2.05) is 0 Å². The van der Waals surface area contributed by atoms with Crippen molar-refractivity contribution in [3.05, 3.63) is 52.6 Å². The molecule has 0 bridgehead atoms. The lowest BCUT2D eigenvalue weighted by Crippen LogP contribution is -2.59. The van der Waals surface area contributed by atoms with Crippen molar-refractivity contribution in [2.75, 3.05) is 25.5 Å². The molecule has 1 N–H and O–H groups in total. The Balaban J connectivity index is 1.47. The van der Waals surface area contributed by atoms with Crippen molar-refractivity contribution >= 4 is 28.3 Å². The minimum absolute atomic E-state index is 0.0179. The SMILES string of the molecule is COc1cnc(C(F)F)cc1-c1cc(CC(=O)N2CC(C)(F)C2)ncc1C(=O)Nc1ncc(C#CC2CC2)s1. The highest BCUT2D eigenvalue weighted by atomic mass is 32.1. The van der Waals surface area contributed by atoms with Crippen LogP contribution in [-0.4, -0.2) is 57.5 Å². The molecule has 1 aliphatic carbocycles. The lowest BCUT2D eigenvalue weighted by molar-refractivity contribution is -0.143. The topological polar surface area (TPSA) is 97.3 Å². The summed E-state index contributed by atoms with van der Waals surface area (Å²) in [6, 6.07) is 2.61. The monoisotopic (exact) mass is 555 g/mol. The summed E-state index contributed by atoms with van der Waals surface area (Å²) in [4.78, 5) is 40.3. The Labute approximate surface area is 226 Å². The van der Waals surface area contributed by atoms with Crippen LogP contribution >= 0.6 is 11.3 Å². The van der Waals surface area contributed by atoms with Crippen LogP contribution in [0.1, 0.15) is 52.8 Å². The molecule has 1 saturated heterocycles. The highest BCUT2D eigenvalue weighted by molar-refractivity contribution is 7.16. The second kappa shape index (κ2) is 10.6. The molecule has 0 unspecified atom stereocenters. The van der Waals surface area contributed by atoms with Gasteiger partial charge < -0.3 is 9.64 Å². The summed E-state index contributed by atoms with van der Waals surface area (Å²) in [7, 11) is 1.35. The van der Waals surface area contributed by atoms with Crippen LogP contribution < -0.4 is 10.1 Å². The van der Waals surface area contributed by atoms with Crippen molar-refractivity contribution < 1.29 is 27.5 Å². The average molecular weight is 556 g/mol. The molecule has 3 aromatic heterocycles. The first-order valence-corrected chi connectivity index (χ1v) is 13.0. The van der Waals surface area contributed by atoms with Crippen molar-refractivity contribution in [2.45, 2.75) is 38.3 Å². The summed E-state index contributed by atoms with van der Waals surface area (Å²) < 4.78 is 46.3. The smallest absolute Gasteiger partial charge is 0.280 e. The van der Waals surface area contributed by atoms with Crippen molar-refractivity contribution in [3.8, 4) is 28.7 Å². The van der Waals surface area contributed by atoms with Crippen LogP contribution in [0.4, 0.5) is 18.3 Å². The number of nitrogens with zero attached hydrogens (tertiary/aromatic N) is 4. The first-order valence-electron chi connectivity index (χ1n) is 12.2. The van der Waals surface area contributed by atoms with Gasteiger partial charge in [-0.1, -0.05) is 23.2 Å². The summed E-state index contributed by atoms with van der Waals surface area (Å²) in [5.41, 5.74) is -1.20. The van der Waals surface area contributed by atoms with E-state index in [4.69, 9.17) is 4.74 Å². The highest BCUT2D eigenvalue weighted by Crippen LogP contribution is 2.36. The number of carbonyl (C=O) groups is 2. The molecule has 0 spiro atoms. The minimum Gasteiger partial charge on any atom is -0.494 e. The predicted molar refractivity (Wildman–Crippen MR) is 138 cm³/mol. The number of hydrogen-bond acceptors (Lipinski definition) is 7. The van der Waals surface area contributed by atoms with Crippen LogP contribution in [0.2, 0.25) is 0 Å². The van der Waals surface area contributed by atoms with E-state index in [9.17, 15) is 22.8 Å². The first kappa shape index (κ1) is 26.6. The zero-order chi connectivity index (χ0) is 27.7. The molecule has 2 aliphatic rings. The molecule has 1 aliphatic heterocycles. The second-order valence-corrected chi connectivity index (χ2v) is 10.7. The molecule has 202 valence electrons. The van der Waals surface area contributed by atoms with Crippen molar-refractivity contribution in [1.29, 1.82) is 0 Å². The number of anilines is 1. The van der Waals surface area contributed by atoms with Crippen LogP contribution in [-0.2, 0) is 11.2 Å². The Morgan fingerprint density at radius 1 is 1.18 bits per heavy atom. The van der Waals surface area contributed by atoms with Gasteiger partial charge in [0.25, 0.3) is 12.3 Å². The number of halogens is 3. The molecule has 0 atom stereocenters. The van der Waals surface area contributed by atoms with Gasteiger partial charge in [0.05, 0.1) is 55.1 Å². The normalized spacial score (nSPS) is 15.8. The minimum atomic E-state index is -2.86. The van der Waals surface area contributed by atoms with Gasteiger partial charge in [-0.2, -0.15) is 0 Å². The molecule has 2 amide bonds. The predicted octanol–water partition coefficient (Wildman–Crippen LogP) is 4.67. The fraction of sp³-hybridized carbons (Fsp3) is 0.370. The Morgan fingerprint density at radius 2 is 1.95 bits per heavy atom. The van der Waals surface area contributed by atoms with Gasteiger partial charge in [-0.3, -0.25) is 24.9 Å². The average Bonchev–Trinajstić information content (AvgIpc) is 3.62. The van der Waals surface area contributed by atoms with Gasteiger partial charge in [0.15, 0.2) is 5.13 Å². The number of alkyl halides is 3. The number of hydrogen-bond donors (Lipinski definition) is 1. The van der Waals surface area contributed by atoms with E-state index in [2.05, 4.69) is 32.1 Å². The molecule has 5 rings (SSSR count). The fourth-order valence-corrected chi connectivity index (χ4v) is 4.77. The number of aromatic nitrogens is 3. The van der Waals surface area contributed by atoms with Crippen molar-refractivity contribution in [2.24, 2.45) is 5.92 Å². The van der Waals surface area contributed by atoms with E-state index in [0.717, 1.165) is 25.1 Å². The van der Waals surface area contributed by atoms with Gasteiger partial charge in [0, 0.05) is 23.2 Å². The van der Waals surface area contributed by atoms with Crippen LogP contribution in [0.5, 0.6) is 5.75 Å². The Morgan fingerprint density at radius 3 is 2.62 bits per heavy atom. The molecule has 3 aromatic rings. The molecular formula is C27H24F3N5O3S. The lowest BCUT2D eigenvalue weighted by atomic mass is 9.96. The highest BCUT2D eigenvalue weighted by Gasteiger charge is 2.41. The van der Waals surface area contributed by atoms with Gasteiger partial charge in [0.1, 0.15) is 17.1 Å². The molecule has 0 aromatic carbocycles. The maximum Gasteiger partial charge on any atom is 0.280 e. The fourth-order valence-electron chi connectivity index (χ4n) is 4.10. The van der Waals surface area contributed by atoms with Crippen LogP contribution in [0.25, 0.3) is 11.1 Å². The number of likely N-dealkylation sites (tertiary alicyclic amines) is 1. The van der Waals surface area contributed by atoms with E-state index >= 15 is 0 Å². The van der Waals surface area contributed by atoms with Crippen molar-refractivity contribution in [3.63, 3.8) is 0 Å². The molecule has 39 heavy (non-hydrogen) atoms. The number of ether oxygens (including phenoxy) is 1. The van der Waals surface area contributed by atoms with E-state index in [1.165, 1.54) is 42.5 Å². The van der Waals surface area contributed by atoms with Gasteiger partial charge in [-0.05, 0) is 31.9 Å². The number of thiazole rings is 1. The quantitative estimate of drug-likeness (QED) is 0.426. The largest absolute Gasteiger partial charge is 0.494 e. The van der Waals surface area contributed by atoms with Gasteiger partial charge >= 0.3 is 0 Å². The maximum absolute atomic E-state index is 13.9. The van der Waals surface area contributed by atoms with Gasteiger partial charge in [-0.15, -0.1) is 0 Å². The second-order valence-electron chi connectivity index (χ2n) is 9.70. The summed E-state index contributed by atoms with van der Waals surface area (Å²) in [5, 5.41) is 3.02. The zero-order valence-electron chi connectivity index (χ0n) is 21.1. The number of rotatable bonds is 7. The van der Waals surface area contributed by atoms with E-state index in [1.54, 1.807) is 6.20 Å². The maximum atomic E-state index is 13.9. The Hall–Kier alpha value is -3.98. The third kappa shape index (κ3) is 6.20. The molecule has 12 heteroatoms. The van der Waals surface area contributed by atoms with E-state index < -0.39 is 23.7 Å². The molecular weight excluding hydrogens is 531 g/mol. The van der Waals surface area contributed by atoms with Crippen molar-refractivity contribution in [1.82, 2.24) is 19.9 Å². The standard InChI is InChI=1S/C27H24F3N5O3S/c1-27(30)13-35(14-27)23(36)8-16-7-18(19-9-21(24(28)29)32-12-22(19)38-2)20(11-31-16)25(37)34-26-33-10-17(39-26)6-5-15-3-4-15/h7,9-12,15,24H,3-4,8,13-14H2,1-2H3,(H,33,34,37). The number of amides is 2. The first-order chi connectivity index (χ1) is 18.6. The molecule has 0 radical (unpaired) electrons. The summed E-state index contributed by atoms with van der Waals surface area (Å²) in [5.74, 6) is 5.83.